The minimum absolute atomic E-state index is 0.254. The van der Waals surface area contributed by atoms with Gasteiger partial charge in [0.05, 0.1) is 9.13 Å². The average Bonchev–Trinajstić information content (AvgIpc) is 2.62. The number of esters is 1. The third-order valence-corrected chi connectivity index (χ3v) is 2.86. The van der Waals surface area contributed by atoms with E-state index in [2.05, 4.69) is 22.6 Å². The lowest BCUT2D eigenvalue weighted by Crippen LogP contribution is -1.92. The molecule has 3 heterocycles. The number of ether oxygens (including phenoxy) is 1. The molecule has 2 aromatic rings. The molecule has 1 aliphatic rings. The van der Waals surface area contributed by atoms with Gasteiger partial charge in [0.1, 0.15) is 23.3 Å². The number of hydrogen-bond acceptors (Lipinski definition) is 3. The van der Waals surface area contributed by atoms with Gasteiger partial charge < -0.3 is 9.15 Å². The van der Waals surface area contributed by atoms with Gasteiger partial charge in [-0.3, -0.25) is 0 Å². The topological polar surface area (TPSA) is 39.4 Å². The van der Waals surface area contributed by atoms with E-state index in [4.69, 9.17) is 9.15 Å². The van der Waals surface area contributed by atoms with Gasteiger partial charge in [-0.05, 0) is 28.7 Å². The number of carbonyl (C=O) groups excluding carboxylic acids is 1. The van der Waals surface area contributed by atoms with Crippen LogP contribution >= 0.6 is 22.6 Å². The van der Waals surface area contributed by atoms with Crippen LogP contribution < -0.4 is 0 Å². The fourth-order valence-electron chi connectivity index (χ4n) is 1.53. The maximum atomic E-state index is 11.1. The van der Waals surface area contributed by atoms with E-state index in [1.54, 1.807) is 0 Å². The van der Waals surface area contributed by atoms with Crippen molar-refractivity contribution in [1.29, 1.82) is 0 Å². The van der Waals surface area contributed by atoms with Gasteiger partial charge in [0.2, 0.25) is 0 Å². The summed E-state index contributed by atoms with van der Waals surface area (Å²) >= 11 is 2.19. The first-order valence-electron chi connectivity index (χ1n) is 3.48. The van der Waals surface area contributed by atoms with Crippen molar-refractivity contribution in [3.63, 3.8) is 0 Å². The Balaban J connectivity index is 2.48. The largest absolute Gasteiger partial charge is 0.457 e. The Bertz CT molecular complexity index is 471. The smallest absolute Gasteiger partial charge is 0.342 e. The highest BCUT2D eigenvalue weighted by Gasteiger charge is 2.31. The predicted molar refractivity (Wildman–Crippen MR) is 49.2 cm³/mol. The van der Waals surface area contributed by atoms with Crippen LogP contribution in [0.3, 0.4) is 0 Å². The van der Waals surface area contributed by atoms with Crippen LogP contribution in [0.25, 0.3) is 11.2 Å². The van der Waals surface area contributed by atoms with Crippen LogP contribution in [0.1, 0.15) is 15.9 Å². The van der Waals surface area contributed by atoms with Gasteiger partial charge in [-0.15, -0.1) is 0 Å². The molecule has 0 aromatic carbocycles. The lowest BCUT2D eigenvalue weighted by Gasteiger charge is -1.87. The Labute approximate surface area is 81.1 Å². The van der Waals surface area contributed by atoms with Gasteiger partial charge >= 0.3 is 5.97 Å². The van der Waals surface area contributed by atoms with E-state index in [0.29, 0.717) is 17.8 Å². The number of halogens is 1. The molecular formula is C8H3IO3. The number of benzene rings is 1. The first-order valence-corrected chi connectivity index (χ1v) is 4.55. The number of hydrogen-bond donors (Lipinski definition) is 0. The summed E-state index contributed by atoms with van der Waals surface area (Å²) in [5, 5.41) is 0. The molecule has 0 amide bonds. The zero-order valence-electron chi connectivity index (χ0n) is 5.89. The normalized spacial score (nSPS) is 15.6. The maximum Gasteiger partial charge on any atom is 0.342 e. The van der Waals surface area contributed by atoms with Crippen molar-refractivity contribution in [3.8, 4) is 0 Å². The van der Waals surface area contributed by atoms with Crippen molar-refractivity contribution < 1.29 is 13.9 Å². The highest BCUT2D eigenvalue weighted by Crippen LogP contribution is 2.37. The zero-order chi connectivity index (χ0) is 8.29. The second-order valence-corrected chi connectivity index (χ2v) is 3.88. The lowest BCUT2D eigenvalue weighted by atomic mass is 10.1. The Hall–Kier alpha value is -0.780. The average molecular weight is 274 g/mol. The third-order valence-electron chi connectivity index (χ3n) is 2.06. The summed E-state index contributed by atoms with van der Waals surface area (Å²) in [6.45, 7) is 0.368. The van der Waals surface area contributed by atoms with E-state index in [1.165, 1.54) is 0 Å². The molecule has 0 unspecified atom stereocenters. The molecule has 0 saturated carbocycles. The number of cyclic esters (lactones) is 1. The number of rotatable bonds is 0. The third kappa shape index (κ3) is 0.600. The number of fused-ring (bicyclic) bond motifs is 5. The maximum absolute atomic E-state index is 11.1. The summed E-state index contributed by atoms with van der Waals surface area (Å²) in [6.07, 6.45) is 0. The van der Waals surface area contributed by atoms with Crippen LogP contribution in [0.15, 0.2) is 10.5 Å². The molecule has 0 fully saturated rings. The molecular weight excluding hydrogens is 271 g/mol. The molecule has 60 valence electrons. The minimum Gasteiger partial charge on any atom is -0.457 e. The second-order valence-electron chi connectivity index (χ2n) is 2.72. The molecule has 0 radical (unpaired) electrons. The summed E-state index contributed by atoms with van der Waals surface area (Å²) in [7, 11) is 0. The van der Waals surface area contributed by atoms with Gasteiger partial charge in [0.15, 0.2) is 0 Å². The standard InChI is InChI=1S/C8H3IO3/c9-4-1-5-6-3(7(4)12-5)2-11-8(6)10/h1H,2H2. The Morgan fingerprint density at radius 1 is 1.50 bits per heavy atom. The van der Waals surface area contributed by atoms with Crippen LogP contribution in [-0.2, 0) is 11.3 Å². The van der Waals surface area contributed by atoms with Gasteiger partial charge in [-0.25, -0.2) is 4.79 Å². The second kappa shape index (κ2) is 1.93. The van der Waals surface area contributed by atoms with Crippen LogP contribution in [0.5, 0.6) is 0 Å². The summed E-state index contributed by atoms with van der Waals surface area (Å²) in [4.78, 5) is 11.1. The van der Waals surface area contributed by atoms with Crippen molar-refractivity contribution in [2.24, 2.45) is 0 Å². The Morgan fingerprint density at radius 2 is 2.33 bits per heavy atom. The Morgan fingerprint density at radius 3 is 3.17 bits per heavy atom. The number of carbonyl (C=O) groups is 1. The number of furan rings is 2. The molecule has 1 aliphatic heterocycles. The van der Waals surface area contributed by atoms with E-state index in [-0.39, 0.29) is 5.97 Å². The molecule has 0 N–H and O–H groups in total. The molecule has 0 spiro atoms. The molecule has 2 bridgehead atoms. The molecule has 2 aromatic heterocycles. The summed E-state index contributed by atoms with van der Waals surface area (Å²) in [6, 6.07) is 1.86. The highest BCUT2D eigenvalue weighted by atomic mass is 127. The van der Waals surface area contributed by atoms with Crippen LogP contribution in [0.4, 0.5) is 0 Å². The highest BCUT2D eigenvalue weighted by molar-refractivity contribution is 14.1. The van der Waals surface area contributed by atoms with E-state index < -0.39 is 0 Å². The van der Waals surface area contributed by atoms with Crippen LogP contribution in [-0.4, -0.2) is 5.97 Å². The van der Waals surface area contributed by atoms with Gasteiger partial charge in [0.25, 0.3) is 0 Å². The first kappa shape index (κ1) is 6.71. The van der Waals surface area contributed by atoms with Crippen molar-refractivity contribution in [2.75, 3.05) is 0 Å². The Kier molecular flexibility index (Phi) is 1.08. The van der Waals surface area contributed by atoms with Gasteiger partial charge in [-0.1, -0.05) is 0 Å². The summed E-state index contributed by atoms with van der Waals surface area (Å²) < 4.78 is 11.3. The molecule has 3 rings (SSSR count). The van der Waals surface area contributed by atoms with E-state index >= 15 is 0 Å². The van der Waals surface area contributed by atoms with E-state index in [1.807, 2.05) is 6.07 Å². The molecule has 4 heteroatoms. The van der Waals surface area contributed by atoms with Crippen LogP contribution in [0, 0.1) is 3.57 Å². The monoisotopic (exact) mass is 274 g/mol. The van der Waals surface area contributed by atoms with Crippen LogP contribution in [0.2, 0.25) is 0 Å². The van der Waals surface area contributed by atoms with Crippen molar-refractivity contribution in [2.45, 2.75) is 6.61 Å². The van der Waals surface area contributed by atoms with Crippen molar-refractivity contribution in [3.05, 3.63) is 20.8 Å². The quantitative estimate of drug-likeness (QED) is 0.545. The first-order chi connectivity index (χ1) is 5.77. The van der Waals surface area contributed by atoms with Crippen molar-refractivity contribution >= 4 is 39.7 Å². The zero-order valence-corrected chi connectivity index (χ0v) is 8.04. The SMILES string of the molecule is O=C1OCc2c1c1cc(I)c2o1. The van der Waals surface area contributed by atoms with Gasteiger partial charge in [0, 0.05) is 0 Å². The molecule has 3 nitrogen and oxygen atoms in total. The fourth-order valence-corrected chi connectivity index (χ4v) is 2.25. The fraction of sp³-hybridized carbons (Fsp3) is 0.125. The van der Waals surface area contributed by atoms with E-state index in [9.17, 15) is 4.79 Å². The summed E-state index contributed by atoms with van der Waals surface area (Å²) in [5.74, 6) is -0.254. The molecule has 0 atom stereocenters. The minimum atomic E-state index is -0.254. The lowest BCUT2D eigenvalue weighted by molar-refractivity contribution is 0.0534. The summed E-state index contributed by atoms with van der Waals surface area (Å²) in [5.41, 5.74) is 3.02. The molecule has 0 aliphatic carbocycles. The van der Waals surface area contributed by atoms with E-state index in [0.717, 1.165) is 14.7 Å². The predicted octanol–water partition coefficient (Wildman–Crippen LogP) is 2.15. The van der Waals surface area contributed by atoms with Gasteiger partial charge in [-0.2, -0.15) is 0 Å². The molecule has 0 saturated heterocycles. The van der Waals surface area contributed by atoms with Crippen molar-refractivity contribution in [1.82, 2.24) is 0 Å². The molecule has 12 heavy (non-hydrogen) atoms.